The topological polar surface area (TPSA) is 47.3 Å². The van der Waals surface area contributed by atoms with Crippen molar-refractivity contribution < 1.29 is 9.13 Å². The van der Waals surface area contributed by atoms with E-state index in [1.807, 2.05) is 24.3 Å². The van der Waals surface area contributed by atoms with Crippen LogP contribution in [0, 0.1) is 0 Å². The molecule has 0 radical (unpaired) electrons. The maximum absolute atomic E-state index is 12.2. The van der Waals surface area contributed by atoms with E-state index in [0.29, 0.717) is 11.4 Å². The summed E-state index contributed by atoms with van der Waals surface area (Å²) in [5.41, 5.74) is 9.52. The summed E-state index contributed by atoms with van der Waals surface area (Å²) >= 11 is 0. The smallest absolute Gasteiger partial charge is 0.142 e. The summed E-state index contributed by atoms with van der Waals surface area (Å²) in [5.74, 6) is 0.518. The lowest BCUT2D eigenvalue weighted by Crippen LogP contribution is -2.01. The molecule has 2 aromatic carbocycles. The molecule has 0 aromatic heterocycles. The van der Waals surface area contributed by atoms with Crippen molar-refractivity contribution in [2.24, 2.45) is 0 Å². The van der Waals surface area contributed by atoms with Gasteiger partial charge in [0.25, 0.3) is 0 Å². The molecule has 0 amide bonds. The highest BCUT2D eigenvalue weighted by molar-refractivity contribution is 5.72. The van der Waals surface area contributed by atoms with Crippen molar-refractivity contribution in [3.63, 3.8) is 0 Å². The molecule has 2 aromatic rings. The first-order valence-corrected chi connectivity index (χ1v) is 7.83. The van der Waals surface area contributed by atoms with E-state index < -0.39 is 6.67 Å². The zero-order valence-corrected chi connectivity index (χ0v) is 13.4. The Morgan fingerprint density at radius 1 is 1.09 bits per heavy atom. The molecule has 3 nitrogen and oxygen atoms in total. The van der Waals surface area contributed by atoms with Gasteiger partial charge in [-0.2, -0.15) is 0 Å². The standard InChI is InChI=1S/C19H23FN2O/c1-2-12-22-17-8-5-15(6-9-17)3-4-16-7-10-18(21)19(14-16)23-13-11-20/h3-10,14,22H,2,11-13,21H2,1H3/b4-3+. The molecule has 23 heavy (non-hydrogen) atoms. The fourth-order valence-corrected chi connectivity index (χ4v) is 2.10. The van der Waals surface area contributed by atoms with Crippen molar-refractivity contribution in [3.05, 3.63) is 53.6 Å². The van der Waals surface area contributed by atoms with E-state index in [1.165, 1.54) is 0 Å². The third kappa shape index (κ3) is 5.33. The zero-order chi connectivity index (χ0) is 16.5. The summed E-state index contributed by atoms with van der Waals surface area (Å²) < 4.78 is 17.5. The minimum atomic E-state index is -0.530. The highest BCUT2D eigenvalue weighted by Gasteiger charge is 2.01. The number of hydrogen-bond donors (Lipinski definition) is 2. The number of ether oxygens (including phenoxy) is 1. The van der Waals surface area contributed by atoms with Crippen LogP contribution in [0.25, 0.3) is 12.2 Å². The third-order valence-corrected chi connectivity index (χ3v) is 3.33. The SMILES string of the molecule is CCCNc1ccc(/C=C/c2ccc(N)c(OCCF)c2)cc1. The van der Waals surface area contributed by atoms with Crippen LogP contribution < -0.4 is 15.8 Å². The molecule has 0 fully saturated rings. The van der Waals surface area contributed by atoms with Gasteiger partial charge in [0.2, 0.25) is 0 Å². The zero-order valence-electron chi connectivity index (χ0n) is 13.4. The third-order valence-electron chi connectivity index (χ3n) is 3.33. The first-order valence-electron chi connectivity index (χ1n) is 7.83. The Morgan fingerprint density at radius 3 is 2.48 bits per heavy atom. The van der Waals surface area contributed by atoms with Gasteiger partial charge in [0, 0.05) is 12.2 Å². The molecule has 122 valence electrons. The lowest BCUT2D eigenvalue weighted by atomic mass is 10.1. The quantitative estimate of drug-likeness (QED) is 0.552. The summed E-state index contributed by atoms with van der Waals surface area (Å²) in [5, 5.41) is 3.34. The normalized spacial score (nSPS) is 10.9. The fraction of sp³-hybridized carbons (Fsp3) is 0.263. The van der Waals surface area contributed by atoms with Crippen molar-refractivity contribution in [2.75, 3.05) is 30.9 Å². The molecule has 0 saturated carbocycles. The number of halogens is 1. The molecule has 2 rings (SSSR count). The average Bonchev–Trinajstić information content (AvgIpc) is 2.59. The van der Waals surface area contributed by atoms with Gasteiger partial charge in [0.05, 0.1) is 5.69 Å². The molecule has 0 atom stereocenters. The van der Waals surface area contributed by atoms with Crippen LogP contribution in [0.15, 0.2) is 42.5 Å². The highest BCUT2D eigenvalue weighted by Crippen LogP contribution is 2.24. The average molecular weight is 314 g/mol. The van der Waals surface area contributed by atoms with Gasteiger partial charge in [-0.25, -0.2) is 4.39 Å². The number of benzene rings is 2. The predicted molar refractivity (Wildman–Crippen MR) is 96.5 cm³/mol. The Kier molecular flexibility index (Phi) is 6.48. The van der Waals surface area contributed by atoms with E-state index in [-0.39, 0.29) is 6.61 Å². The first-order chi connectivity index (χ1) is 11.2. The molecule has 0 aliphatic carbocycles. The summed E-state index contributed by atoms with van der Waals surface area (Å²) in [7, 11) is 0. The molecule has 0 saturated heterocycles. The Bertz CT molecular complexity index is 638. The first kappa shape index (κ1) is 16.9. The number of rotatable bonds is 8. The summed E-state index contributed by atoms with van der Waals surface area (Å²) in [6.45, 7) is 2.60. The van der Waals surface area contributed by atoms with Crippen LogP contribution in [0.2, 0.25) is 0 Å². The van der Waals surface area contributed by atoms with Gasteiger partial charge in [-0.3, -0.25) is 0 Å². The van der Waals surface area contributed by atoms with Crippen molar-refractivity contribution in [2.45, 2.75) is 13.3 Å². The van der Waals surface area contributed by atoms with E-state index in [1.54, 1.807) is 6.07 Å². The van der Waals surface area contributed by atoms with Crippen LogP contribution in [0.4, 0.5) is 15.8 Å². The van der Waals surface area contributed by atoms with Crippen LogP contribution in [0.1, 0.15) is 24.5 Å². The number of nitrogen functional groups attached to an aromatic ring is 1. The minimum absolute atomic E-state index is 0.0175. The predicted octanol–water partition coefficient (Wildman–Crippen LogP) is 4.61. The highest BCUT2D eigenvalue weighted by atomic mass is 19.1. The fourth-order valence-electron chi connectivity index (χ4n) is 2.10. The van der Waals surface area contributed by atoms with Gasteiger partial charge in [-0.15, -0.1) is 0 Å². The van der Waals surface area contributed by atoms with Gasteiger partial charge >= 0.3 is 0 Å². The number of hydrogen-bond acceptors (Lipinski definition) is 3. The van der Waals surface area contributed by atoms with Gasteiger partial charge < -0.3 is 15.8 Å². The van der Waals surface area contributed by atoms with Gasteiger partial charge in [0.1, 0.15) is 19.0 Å². The maximum Gasteiger partial charge on any atom is 0.142 e. The Hall–Kier alpha value is -2.49. The van der Waals surface area contributed by atoms with E-state index in [9.17, 15) is 4.39 Å². The van der Waals surface area contributed by atoms with E-state index >= 15 is 0 Å². The molecule has 0 spiro atoms. The second-order valence-electron chi connectivity index (χ2n) is 5.22. The van der Waals surface area contributed by atoms with Crippen LogP contribution in [-0.4, -0.2) is 19.8 Å². The van der Waals surface area contributed by atoms with Crippen LogP contribution in [0.5, 0.6) is 5.75 Å². The van der Waals surface area contributed by atoms with Crippen LogP contribution in [0.3, 0.4) is 0 Å². The number of alkyl halides is 1. The Morgan fingerprint density at radius 2 is 1.78 bits per heavy atom. The van der Waals surface area contributed by atoms with Crippen molar-refractivity contribution in [1.82, 2.24) is 0 Å². The lowest BCUT2D eigenvalue weighted by Gasteiger charge is -2.08. The number of nitrogens with one attached hydrogen (secondary N) is 1. The van der Waals surface area contributed by atoms with Gasteiger partial charge in [-0.1, -0.05) is 37.3 Å². The van der Waals surface area contributed by atoms with E-state index in [0.717, 1.165) is 29.8 Å². The molecule has 0 aliphatic rings. The van der Waals surface area contributed by atoms with Gasteiger partial charge in [-0.05, 0) is 41.8 Å². The number of nitrogens with two attached hydrogens (primary N) is 1. The second-order valence-corrected chi connectivity index (χ2v) is 5.22. The van der Waals surface area contributed by atoms with E-state index in [2.05, 4.69) is 36.5 Å². The largest absolute Gasteiger partial charge is 0.489 e. The molecule has 4 heteroatoms. The lowest BCUT2D eigenvalue weighted by molar-refractivity contribution is 0.274. The van der Waals surface area contributed by atoms with Crippen molar-refractivity contribution in [3.8, 4) is 5.75 Å². The van der Waals surface area contributed by atoms with Crippen LogP contribution in [-0.2, 0) is 0 Å². The number of anilines is 2. The van der Waals surface area contributed by atoms with Crippen molar-refractivity contribution in [1.29, 1.82) is 0 Å². The monoisotopic (exact) mass is 314 g/mol. The minimum Gasteiger partial charge on any atom is -0.489 e. The molecule has 0 bridgehead atoms. The molecular formula is C19H23FN2O. The van der Waals surface area contributed by atoms with Crippen LogP contribution >= 0.6 is 0 Å². The summed E-state index contributed by atoms with van der Waals surface area (Å²) in [4.78, 5) is 0. The Balaban J connectivity index is 2.04. The molecular weight excluding hydrogens is 291 g/mol. The molecule has 3 N–H and O–H groups in total. The van der Waals surface area contributed by atoms with E-state index in [4.69, 9.17) is 10.5 Å². The molecule has 0 unspecified atom stereocenters. The second kappa shape index (κ2) is 8.83. The van der Waals surface area contributed by atoms with Crippen molar-refractivity contribution >= 4 is 23.5 Å². The maximum atomic E-state index is 12.2. The molecule has 0 aliphatic heterocycles. The summed E-state index contributed by atoms with van der Waals surface area (Å²) in [6, 6.07) is 13.7. The van der Waals surface area contributed by atoms with Gasteiger partial charge in [0.15, 0.2) is 0 Å². The Labute approximate surface area is 137 Å². The molecule has 0 heterocycles. The summed E-state index contributed by atoms with van der Waals surface area (Å²) in [6.07, 6.45) is 5.11.